The number of benzene rings is 2. The van der Waals surface area contributed by atoms with Gasteiger partial charge in [-0.15, -0.1) is 10.2 Å². The van der Waals surface area contributed by atoms with Crippen LogP contribution in [-0.4, -0.2) is 32.6 Å². The van der Waals surface area contributed by atoms with Gasteiger partial charge in [0.1, 0.15) is 23.5 Å². The maximum absolute atomic E-state index is 14.7. The van der Waals surface area contributed by atoms with E-state index in [0.717, 1.165) is 38.1 Å². The predicted octanol–water partition coefficient (Wildman–Crippen LogP) is 4.34. The van der Waals surface area contributed by atoms with Crippen molar-refractivity contribution >= 4 is 17.5 Å². The highest BCUT2D eigenvalue weighted by Gasteiger charge is 2.26. The third kappa shape index (κ3) is 5.13. The van der Waals surface area contributed by atoms with E-state index in [1.165, 1.54) is 42.5 Å². The van der Waals surface area contributed by atoms with Crippen LogP contribution < -0.4 is 10.6 Å². The summed E-state index contributed by atoms with van der Waals surface area (Å²) in [5, 5.41) is 13.9. The van der Waals surface area contributed by atoms with Crippen LogP contribution >= 0.6 is 0 Å². The molecule has 7 nitrogen and oxygen atoms in total. The van der Waals surface area contributed by atoms with Crippen LogP contribution in [0.25, 0.3) is 11.4 Å². The molecule has 2 heterocycles. The first-order chi connectivity index (χ1) is 16.3. The zero-order valence-corrected chi connectivity index (χ0v) is 19.1. The van der Waals surface area contributed by atoms with Crippen LogP contribution in [0.15, 0.2) is 42.5 Å². The molecule has 2 N–H and O–H groups in total. The van der Waals surface area contributed by atoms with Crippen molar-refractivity contribution in [2.24, 2.45) is 5.92 Å². The standard InChI is InChI=1S/C25H27F2N5O2/c1-15(2)22(29-24(33)16-7-9-17(26)10-8-16)25(34)28-18-11-12-20(27)19(14-18)23-31-30-21-6-4-3-5-13-32(21)23/h7-12,14-15,22H,3-6,13H2,1-2H3,(H,28,34)(H,29,33). The van der Waals surface area contributed by atoms with Crippen LogP contribution in [0, 0.1) is 17.6 Å². The quantitative estimate of drug-likeness (QED) is 0.564. The molecule has 3 aromatic rings. The van der Waals surface area contributed by atoms with Gasteiger partial charge in [-0.2, -0.15) is 0 Å². The maximum atomic E-state index is 14.7. The van der Waals surface area contributed by atoms with E-state index in [4.69, 9.17) is 0 Å². The van der Waals surface area contributed by atoms with Gasteiger partial charge in [-0.1, -0.05) is 20.3 Å². The van der Waals surface area contributed by atoms with E-state index < -0.39 is 29.5 Å². The summed E-state index contributed by atoms with van der Waals surface area (Å²) in [6.45, 7) is 4.33. The average Bonchev–Trinajstić information content (AvgIpc) is 3.06. The number of carbonyl (C=O) groups is 2. The molecule has 0 saturated carbocycles. The number of hydrogen-bond donors (Lipinski definition) is 2. The molecule has 2 aromatic carbocycles. The summed E-state index contributed by atoms with van der Waals surface area (Å²) >= 11 is 0. The van der Waals surface area contributed by atoms with Crippen molar-refractivity contribution in [1.82, 2.24) is 20.1 Å². The Kier molecular flexibility index (Phi) is 7.00. The topological polar surface area (TPSA) is 88.9 Å². The van der Waals surface area contributed by atoms with Gasteiger partial charge in [0.15, 0.2) is 5.82 Å². The van der Waals surface area contributed by atoms with Crippen molar-refractivity contribution in [3.05, 3.63) is 65.5 Å². The predicted molar refractivity (Wildman–Crippen MR) is 124 cm³/mol. The molecule has 1 aromatic heterocycles. The van der Waals surface area contributed by atoms with Crippen LogP contribution in [0.2, 0.25) is 0 Å². The number of anilines is 1. The van der Waals surface area contributed by atoms with E-state index in [0.29, 0.717) is 11.5 Å². The number of carbonyl (C=O) groups excluding carboxylic acids is 2. The molecule has 178 valence electrons. The van der Waals surface area contributed by atoms with Gasteiger partial charge < -0.3 is 15.2 Å². The number of amides is 2. The normalized spacial score (nSPS) is 14.3. The Bertz CT molecular complexity index is 1190. The number of halogens is 2. The van der Waals surface area contributed by atoms with Gasteiger partial charge >= 0.3 is 0 Å². The number of aromatic nitrogens is 3. The minimum Gasteiger partial charge on any atom is -0.340 e. The first kappa shape index (κ1) is 23.5. The highest BCUT2D eigenvalue weighted by molar-refractivity contribution is 6.01. The lowest BCUT2D eigenvalue weighted by Gasteiger charge is -2.22. The highest BCUT2D eigenvalue weighted by atomic mass is 19.1. The second kappa shape index (κ2) is 10.1. The number of nitrogens with zero attached hydrogens (tertiary/aromatic N) is 3. The summed E-state index contributed by atoms with van der Waals surface area (Å²) in [5.41, 5.74) is 0.889. The number of rotatable bonds is 6. The van der Waals surface area contributed by atoms with Crippen LogP contribution in [0.4, 0.5) is 14.5 Å². The number of aryl methyl sites for hydroxylation is 1. The van der Waals surface area contributed by atoms with Gasteiger partial charge in [0.25, 0.3) is 5.91 Å². The first-order valence-electron chi connectivity index (χ1n) is 11.4. The lowest BCUT2D eigenvalue weighted by molar-refractivity contribution is -0.118. The van der Waals surface area contributed by atoms with E-state index in [9.17, 15) is 18.4 Å². The molecule has 0 saturated heterocycles. The number of nitrogens with one attached hydrogen (secondary N) is 2. The third-order valence-corrected chi connectivity index (χ3v) is 5.93. The molecule has 34 heavy (non-hydrogen) atoms. The lowest BCUT2D eigenvalue weighted by Crippen LogP contribution is -2.47. The van der Waals surface area contributed by atoms with Crippen molar-refractivity contribution in [3.63, 3.8) is 0 Å². The Hall–Kier alpha value is -3.62. The largest absolute Gasteiger partial charge is 0.340 e. The molecular formula is C25H27F2N5O2. The molecule has 1 unspecified atom stereocenters. The van der Waals surface area contributed by atoms with Gasteiger partial charge in [-0.25, -0.2) is 8.78 Å². The molecule has 4 rings (SSSR count). The van der Waals surface area contributed by atoms with Crippen LogP contribution in [0.5, 0.6) is 0 Å². The summed E-state index contributed by atoms with van der Waals surface area (Å²) in [6, 6.07) is 8.52. The first-order valence-corrected chi connectivity index (χ1v) is 11.4. The van der Waals surface area contributed by atoms with Crippen LogP contribution in [0.1, 0.15) is 49.3 Å². The van der Waals surface area contributed by atoms with Gasteiger partial charge in [0.2, 0.25) is 5.91 Å². The average molecular weight is 468 g/mol. The van der Waals surface area contributed by atoms with Gasteiger partial charge in [-0.05, 0) is 61.2 Å². The van der Waals surface area contributed by atoms with Crippen molar-refractivity contribution in [2.75, 3.05) is 5.32 Å². The summed E-state index contributed by atoms with van der Waals surface area (Å²) in [6.07, 6.45) is 3.88. The van der Waals surface area contributed by atoms with Gasteiger partial charge in [0.05, 0.1) is 5.56 Å². The van der Waals surface area contributed by atoms with E-state index >= 15 is 0 Å². The second-order valence-corrected chi connectivity index (χ2v) is 8.79. The van der Waals surface area contributed by atoms with Crippen molar-refractivity contribution in [3.8, 4) is 11.4 Å². The van der Waals surface area contributed by atoms with Crippen LogP contribution in [0.3, 0.4) is 0 Å². The monoisotopic (exact) mass is 467 g/mol. The summed E-state index contributed by atoms with van der Waals surface area (Å²) in [7, 11) is 0. The van der Waals surface area contributed by atoms with E-state index in [-0.39, 0.29) is 17.0 Å². The lowest BCUT2D eigenvalue weighted by atomic mass is 10.0. The Morgan fingerprint density at radius 3 is 2.50 bits per heavy atom. The molecule has 0 bridgehead atoms. The highest BCUT2D eigenvalue weighted by Crippen LogP contribution is 2.27. The fourth-order valence-corrected chi connectivity index (χ4v) is 4.04. The van der Waals surface area contributed by atoms with E-state index in [1.54, 1.807) is 13.8 Å². The molecule has 1 aliphatic heterocycles. The molecule has 0 spiro atoms. The molecule has 1 aliphatic rings. The van der Waals surface area contributed by atoms with Crippen molar-refractivity contribution in [1.29, 1.82) is 0 Å². The Labute approximate surface area is 196 Å². The molecular weight excluding hydrogens is 440 g/mol. The number of fused-ring (bicyclic) bond motifs is 1. The Morgan fingerprint density at radius 2 is 1.76 bits per heavy atom. The fourth-order valence-electron chi connectivity index (χ4n) is 4.04. The smallest absolute Gasteiger partial charge is 0.251 e. The zero-order chi connectivity index (χ0) is 24.2. The minimum atomic E-state index is -0.851. The Morgan fingerprint density at radius 1 is 1.00 bits per heavy atom. The van der Waals surface area contributed by atoms with Crippen molar-refractivity contribution < 1.29 is 18.4 Å². The molecule has 9 heteroatoms. The summed E-state index contributed by atoms with van der Waals surface area (Å²) < 4.78 is 29.8. The molecule has 1 atom stereocenters. The van der Waals surface area contributed by atoms with Gasteiger partial charge in [0, 0.05) is 24.2 Å². The molecule has 0 aliphatic carbocycles. The molecule has 0 radical (unpaired) electrons. The summed E-state index contributed by atoms with van der Waals surface area (Å²) in [4.78, 5) is 25.6. The van der Waals surface area contributed by atoms with Gasteiger partial charge in [-0.3, -0.25) is 9.59 Å². The Balaban J connectivity index is 1.53. The molecule has 0 fully saturated rings. The minimum absolute atomic E-state index is 0.225. The maximum Gasteiger partial charge on any atom is 0.251 e. The zero-order valence-electron chi connectivity index (χ0n) is 19.1. The molecule has 2 amide bonds. The fraction of sp³-hybridized carbons (Fsp3) is 0.360. The van der Waals surface area contributed by atoms with Crippen molar-refractivity contribution in [2.45, 2.75) is 52.1 Å². The SMILES string of the molecule is CC(C)C(NC(=O)c1ccc(F)cc1)C(=O)Nc1ccc(F)c(-c2nnc3n2CCCCC3)c1. The third-order valence-electron chi connectivity index (χ3n) is 5.93. The van der Waals surface area contributed by atoms with E-state index in [2.05, 4.69) is 20.8 Å². The summed E-state index contributed by atoms with van der Waals surface area (Å²) in [5.74, 6) is -0.784. The second-order valence-electron chi connectivity index (χ2n) is 8.79. The number of hydrogen-bond acceptors (Lipinski definition) is 4. The van der Waals surface area contributed by atoms with Crippen LogP contribution in [-0.2, 0) is 17.8 Å². The van der Waals surface area contributed by atoms with E-state index in [1.807, 2.05) is 4.57 Å².